The summed E-state index contributed by atoms with van der Waals surface area (Å²) >= 11 is 12.1. The number of nitrogens with zero attached hydrogens (tertiary/aromatic N) is 5. The van der Waals surface area contributed by atoms with Gasteiger partial charge in [0.05, 0.1) is 17.7 Å². The first-order valence-electron chi connectivity index (χ1n) is 10.6. The van der Waals surface area contributed by atoms with E-state index in [0.717, 1.165) is 61.0 Å². The molecule has 3 aromatic rings. The molecule has 162 valence electrons. The van der Waals surface area contributed by atoms with Crippen molar-refractivity contribution < 1.29 is 5.11 Å². The van der Waals surface area contributed by atoms with E-state index >= 15 is 0 Å². The van der Waals surface area contributed by atoms with E-state index in [1.807, 2.05) is 30.3 Å². The molecule has 3 heterocycles. The predicted octanol–water partition coefficient (Wildman–Crippen LogP) is 3.30. The Morgan fingerprint density at radius 2 is 1.65 bits per heavy atom. The van der Waals surface area contributed by atoms with E-state index in [9.17, 15) is 5.11 Å². The van der Waals surface area contributed by atoms with Gasteiger partial charge >= 0.3 is 0 Å². The molecule has 2 fully saturated rings. The van der Waals surface area contributed by atoms with E-state index < -0.39 is 6.10 Å². The molecule has 0 saturated carbocycles. The second kappa shape index (κ2) is 8.88. The van der Waals surface area contributed by atoms with Crippen LogP contribution in [0.2, 0.25) is 10.0 Å². The summed E-state index contributed by atoms with van der Waals surface area (Å²) in [6.07, 6.45) is 1.17. The minimum atomic E-state index is -0.403. The van der Waals surface area contributed by atoms with Crippen molar-refractivity contribution in [2.75, 3.05) is 44.2 Å². The fourth-order valence-electron chi connectivity index (χ4n) is 4.67. The van der Waals surface area contributed by atoms with Gasteiger partial charge in [-0.05, 0) is 35.9 Å². The van der Waals surface area contributed by atoms with Crippen molar-refractivity contribution in [3.8, 4) is 0 Å². The summed E-state index contributed by atoms with van der Waals surface area (Å²) in [4.78, 5) is 15.9. The summed E-state index contributed by atoms with van der Waals surface area (Å²) in [5, 5.41) is 13.2. The van der Waals surface area contributed by atoms with Crippen LogP contribution in [0.1, 0.15) is 5.56 Å². The first kappa shape index (κ1) is 20.9. The van der Waals surface area contributed by atoms with Gasteiger partial charge in [0.25, 0.3) is 0 Å². The van der Waals surface area contributed by atoms with Crippen molar-refractivity contribution in [1.82, 2.24) is 19.8 Å². The molecule has 0 amide bonds. The maximum atomic E-state index is 10.8. The number of halogens is 2. The molecule has 8 heteroatoms. The molecule has 1 aromatic heterocycles. The SMILES string of the molecule is OC1CN(c2ncnc3cc(Cl)ccc23)CC1N1CCN(Cc2ccc(Cl)cc2)CC1. The second-order valence-corrected chi connectivity index (χ2v) is 9.21. The summed E-state index contributed by atoms with van der Waals surface area (Å²) in [5.41, 5.74) is 2.10. The normalized spacial score (nSPS) is 23.0. The van der Waals surface area contributed by atoms with Crippen molar-refractivity contribution in [2.45, 2.75) is 18.7 Å². The van der Waals surface area contributed by atoms with Gasteiger partial charge in [-0.1, -0.05) is 35.3 Å². The maximum absolute atomic E-state index is 10.8. The number of aliphatic hydroxyl groups is 1. The molecule has 31 heavy (non-hydrogen) atoms. The van der Waals surface area contributed by atoms with Crippen LogP contribution < -0.4 is 4.90 Å². The zero-order valence-corrected chi connectivity index (χ0v) is 18.7. The molecule has 2 aliphatic rings. The van der Waals surface area contributed by atoms with Crippen LogP contribution in [0, 0.1) is 0 Å². The summed E-state index contributed by atoms with van der Waals surface area (Å²) in [6.45, 7) is 6.13. The van der Waals surface area contributed by atoms with Crippen molar-refractivity contribution in [2.24, 2.45) is 0 Å². The fraction of sp³-hybridized carbons (Fsp3) is 0.391. The zero-order chi connectivity index (χ0) is 21.4. The van der Waals surface area contributed by atoms with Crippen LogP contribution in [0.4, 0.5) is 5.82 Å². The molecule has 2 unspecified atom stereocenters. The number of β-amino-alcohol motifs (C(OH)–C–C–N with tert-alkyl or cyclic N) is 1. The number of fused-ring (bicyclic) bond motifs is 1. The maximum Gasteiger partial charge on any atom is 0.140 e. The highest BCUT2D eigenvalue weighted by atomic mass is 35.5. The summed E-state index contributed by atoms with van der Waals surface area (Å²) < 4.78 is 0. The average Bonchev–Trinajstić information content (AvgIpc) is 3.16. The van der Waals surface area contributed by atoms with E-state index in [1.165, 1.54) is 5.56 Å². The first-order valence-corrected chi connectivity index (χ1v) is 11.4. The fourth-order valence-corrected chi connectivity index (χ4v) is 4.96. The Kier molecular flexibility index (Phi) is 5.99. The molecular formula is C23H25Cl2N5O. The molecule has 2 aliphatic heterocycles. The highest BCUT2D eigenvalue weighted by Crippen LogP contribution is 2.29. The van der Waals surface area contributed by atoms with Gasteiger partial charge in [-0.15, -0.1) is 0 Å². The van der Waals surface area contributed by atoms with E-state index in [2.05, 4.69) is 36.8 Å². The van der Waals surface area contributed by atoms with Gasteiger partial charge in [-0.25, -0.2) is 9.97 Å². The lowest BCUT2D eigenvalue weighted by Crippen LogP contribution is -2.53. The van der Waals surface area contributed by atoms with Crippen LogP contribution in [0.5, 0.6) is 0 Å². The minimum Gasteiger partial charge on any atom is -0.390 e. The Morgan fingerprint density at radius 1 is 0.903 bits per heavy atom. The Labute approximate surface area is 192 Å². The van der Waals surface area contributed by atoms with E-state index in [0.29, 0.717) is 11.6 Å². The second-order valence-electron chi connectivity index (χ2n) is 8.34. The molecule has 2 saturated heterocycles. The van der Waals surface area contributed by atoms with Crippen LogP contribution in [-0.4, -0.2) is 76.3 Å². The number of rotatable bonds is 4. The van der Waals surface area contributed by atoms with Crippen molar-refractivity contribution >= 4 is 39.9 Å². The highest BCUT2D eigenvalue weighted by Gasteiger charge is 2.37. The Bertz CT molecular complexity index is 1060. The molecule has 2 atom stereocenters. The van der Waals surface area contributed by atoms with E-state index in [4.69, 9.17) is 23.2 Å². The number of hydrogen-bond donors (Lipinski definition) is 1. The molecular weight excluding hydrogens is 433 g/mol. The Hall–Kier alpha value is -1.96. The smallest absolute Gasteiger partial charge is 0.140 e. The third kappa shape index (κ3) is 4.49. The molecule has 5 rings (SSSR count). The largest absolute Gasteiger partial charge is 0.390 e. The molecule has 0 radical (unpaired) electrons. The van der Waals surface area contributed by atoms with Crippen LogP contribution in [0.3, 0.4) is 0 Å². The van der Waals surface area contributed by atoms with Gasteiger partial charge in [-0.2, -0.15) is 0 Å². The zero-order valence-electron chi connectivity index (χ0n) is 17.2. The van der Waals surface area contributed by atoms with Gasteiger partial charge in [-0.3, -0.25) is 9.80 Å². The number of aliphatic hydroxyl groups excluding tert-OH is 1. The molecule has 2 aromatic carbocycles. The quantitative estimate of drug-likeness (QED) is 0.648. The molecule has 1 N–H and O–H groups in total. The van der Waals surface area contributed by atoms with Crippen LogP contribution in [0.15, 0.2) is 48.8 Å². The van der Waals surface area contributed by atoms with Crippen LogP contribution in [-0.2, 0) is 6.54 Å². The van der Waals surface area contributed by atoms with Gasteiger partial charge in [0.15, 0.2) is 0 Å². The molecule has 6 nitrogen and oxygen atoms in total. The van der Waals surface area contributed by atoms with Gasteiger partial charge in [0, 0.05) is 61.2 Å². The predicted molar refractivity (Wildman–Crippen MR) is 125 cm³/mol. The Morgan fingerprint density at radius 3 is 2.42 bits per heavy atom. The molecule has 0 bridgehead atoms. The van der Waals surface area contributed by atoms with Crippen LogP contribution in [0.25, 0.3) is 10.9 Å². The highest BCUT2D eigenvalue weighted by molar-refractivity contribution is 6.31. The lowest BCUT2D eigenvalue weighted by atomic mass is 10.1. The van der Waals surface area contributed by atoms with Gasteiger partial charge in [0.1, 0.15) is 12.1 Å². The number of hydrogen-bond acceptors (Lipinski definition) is 6. The number of piperazine rings is 1. The Balaban J connectivity index is 1.23. The third-order valence-corrected chi connectivity index (χ3v) is 6.82. The molecule has 0 aliphatic carbocycles. The lowest BCUT2D eigenvalue weighted by molar-refractivity contribution is 0.0424. The summed E-state index contributed by atoms with van der Waals surface area (Å²) in [5.74, 6) is 0.865. The summed E-state index contributed by atoms with van der Waals surface area (Å²) in [6, 6.07) is 13.9. The van der Waals surface area contributed by atoms with Crippen molar-refractivity contribution in [1.29, 1.82) is 0 Å². The van der Waals surface area contributed by atoms with Gasteiger partial charge < -0.3 is 10.0 Å². The third-order valence-electron chi connectivity index (χ3n) is 6.33. The van der Waals surface area contributed by atoms with E-state index in [-0.39, 0.29) is 6.04 Å². The first-order chi connectivity index (χ1) is 15.1. The van der Waals surface area contributed by atoms with Gasteiger partial charge in [0.2, 0.25) is 0 Å². The van der Waals surface area contributed by atoms with Crippen molar-refractivity contribution in [3.05, 3.63) is 64.4 Å². The topological polar surface area (TPSA) is 55.7 Å². The monoisotopic (exact) mass is 457 g/mol. The van der Waals surface area contributed by atoms with Crippen molar-refractivity contribution in [3.63, 3.8) is 0 Å². The number of benzene rings is 2. The number of anilines is 1. The lowest BCUT2D eigenvalue weighted by Gasteiger charge is -2.38. The molecule has 0 spiro atoms. The standard InChI is InChI=1S/C23H25Cl2N5O/c24-17-3-1-16(2-4-17)12-28-7-9-29(10-8-28)21-13-30(14-22(21)31)23-19-6-5-18(25)11-20(19)26-15-27-23/h1-6,11,15,21-22,31H,7-10,12-14H2. The van der Waals surface area contributed by atoms with Crippen LogP contribution >= 0.6 is 23.2 Å². The average molecular weight is 458 g/mol. The number of aromatic nitrogens is 2. The summed E-state index contributed by atoms with van der Waals surface area (Å²) in [7, 11) is 0. The minimum absolute atomic E-state index is 0.106. The van der Waals surface area contributed by atoms with E-state index in [1.54, 1.807) is 6.33 Å².